The van der Waals surface area contributed by atoms with E-state index in [0.717, 1.165) is 5.47 Å². The maximum absolute atomic E-state index is 11.3. The van der Waals surface area contributed by atoms with E-state index >= 15 is 0 Å². The minimum absolute atomic E-state index is 0.153. The van der Waals surface area contributed by atoms with Gasteiger partial charge in [0.1, 0.15) is 0 Å². The van der Waals surface area contributed by atoms with E-state index in [2.05, 4.69) is 11.4 Å². The molecule has 1 fully saturated rings. The maximum atomic E-state index is 11.3. The highest BCUT2D eigenvalue weighted by Gasteiger charge is 2.52. The minimum atomic E-state index is -0.612. The van der Waals surface area contributed by atoms with Gasteiger partial charge < -0.3 is 14.6 Å². The molecular formula is C18H22BClN2O3. The quantitative estimate of drug-likeness (QED) is 0.836. The van der Waals surface area contributed by atoms with Crippen LogP contribution in [0, 0.1) is 11.3 Å². The lowest BCUT2D eigenvalue weighted by Crippen LogP contribution is -2.41. The van der Waals surface area contributed by atoms with Crippen LogP contribution in [0.15, 0.2) is 23.7 Å². The van der Waals surface area contributed by atoms with Gasteiger partial charge in [0, 0.05) is 18.5 Å². The molecule has 0 radical (unpaired) electrons. The van der Waals surface area contributed by atoms with Crippen LogP contribution in [0.25, 0.3) is 6.08 Å². The summed E-state index contributed by atoms with van der Waals surface area (Å²) in [6, 6.07) is 7.12. The minimum Gasteiger partial charge on any atom is -0.400 e. The smallest absolute Gasteiger partial charge is 0.400 e. The number of hydrogen-bond donors (Lipinski definition) is 1. The molecule has 1 aliphatic heterocycles. The van der Waals surface area contributed by atoms with Crippen LogP contribution in [0.1, 0.15) is 45.7 Å². The van der Waals surface area contributed by atoms with Crippen molar-refractivity contribution in [2.75, 3.05) is 6.54 Å². The molecule has 1 amide bonds. The summed E-state index contributed by atoms with van der Waals surface area (Å²) in [7, 11) is -0.612. The SMILES string of the molecule is CC(=O)NCC(=Cc1cc(C#N)ccc1Cl)B1OC(C)(C)C(C)(C)O1. The first-order chi connectivity index (χ1) is 11.6. The molecule has 2 rings (SSSR count). The number of nitrogens with one attached hydrogen (secondary N) is 1. The predicted molar refractivity (Wildman–Crippen MR) is 98.9 cm³/mol. The molecule has 1 N–H and O–H groups in total. The molecule has 0 bridgehead atoms. The molecule has 25 heavy (non-hydrogen) atoms. The van der Waals surface area contributed by atoms with Gasteiger partial charge in [0.25, 0.3) is 0 Å². The van der Waals surface area contributed by atoms with Gasteiger partial charge in [-0.05, 0) is 56.9 Å². The summed E-state index contributed by atoms with van der Waals surface area (Å²) >= 11 is 6.26. The van der Waals surface area contributed by atoms with E-state index in [0.29, 0.717) is 16.1 Å². The molecule has 1 aromatic rings. The van der Waals surface area contributed by atoms with Gasteiger partial charge in [-0.1, -0.05) is 17.7 Å². The van der Waals surface area contributed by atoms with Crippen LogP contribution >= 0.6 is 11.6 Å². The lowest BCUT2D eigenvalue weighted by molar-refractivity contribution is -0.118. The number of carbonyl (C=O) groups excluding carboxylic acids is 1. The van der Waals surface area contributed by atoms with Gasteiger partial charge in [0.2, 0.25) is 5.91 Å². The van der Waals surface area contributed by atoms with Gasteiger partial charge in [-0.15, -0.1) is 0 Å². The van der Waals surface area contributed by atoms with E-state index in [4.69, 9.17) is 26.2 Å². The Hall–Kier alpha value is -1.81. The molecule has 132 valence electrons. The van der Waals surface area contributed by atoms with Gasteiger partial charge in [-0.3, -0.25) is 4.79 Å². The van der Waals surface area contributed by atoms with Crippen LogP contribution < -0.4 is 5.32 Å². The third-order valence-corrected chi connectivity index (χ3v) is 4.91. The van der Waals surface area contributed by atoms with Crippen molar-refractivity contribution in [2.24, 2.45) is 0 Å². The van der Waals surface area contributed by atoms with Crippen LogP contribution in [0.4, 0.5) is 0 Å². The summed E-state index contributed by atoms with van der Waals surface area (Å²) in [4.78, 5) is 11.3. The highest BCUT2D eigenvalue weighted by atomic mass is 35.5. The summed E-state index contributed by atoms with van der Waals surface area (Å²) < 4.78 is 12.2. The fourth-order valence-corrected chi connectivity index (χ4v) is 2.52. The van der Waals surface area contributed by atoms with Gasteiger partial charge >= 0.3 is 7.12 Å². The number of carbonyl (C=O) groups is 1. The predicted octanol–water partition coefficient (Wildman–Crippen LogP) is 3.36. The number of halogens is 1. The third-order valence-electron chi connectivity index (χ3n) is 4.56. The summed E-state index contributed by atoms with van der Waals surface area (Å²) in [6.45, 7) is 9.57. The van der Waals surface area contributed by atoms with Gasteiger partial charge in [0.15, 0.2) is 0 Å². The Bertz CT molecular complexity index is 737. The van der Waals surface area contributed by atoms with Crippen molar-refractivity contribution in [1.29, 1.82) is 5.26 Å². The molecule has 1 saturated heterocycles. The number of nitriles is 1. The summed E-state index contributed by atoms with van der Waals surface area (Å²) in [5, 5.41) is 12.4. The molecule has 0 unspecified atom stereocenters. The van der Waals surface area contributed by atoms with Crippen molar-refractivity contribution < 1.29 is 14.1 Å². The standard InChI is InChI=1S/C18H22BClN2O3/c1-12(23)22-11-15(19-24-17(2,3)18(4,5)25-19)9-14-8-13(10-21)6-7-16(14)20/h6-9H,11H2,1-5H3,(H,22,23). The van der Waals surface area contributed by atoms with E-state index in [9.17, 15) is 4.79 Å². The van der Waals surface area contributed by atoms with Gasteiger partial charge in [-0.2, -0.15) is 5.26 Å². The molecule has 0 saturated carbocycles. The second-order valence-corrected chi connectivity index (χ2v) is 7.47. The molecule has 7 heteroatoms. The first-order valence-corrected chi connectivity index (χ1v) is 8.44. The molecule has 1 aromatic carbocycles. The van der Waals surface area contributed by atoms with Crippen molar-refractivity contribution in [3.63, 3.8) is 0 Å². The lowest BCUT2D eigenvalue weighted by atomic mass is 9.77. The Morgan fingerprint density at radius 3 is 2.44 bits per heavy atom. The monoisotopic (exact) mass is 360 g/mol. The van der Waals surface area contributed by atoms with E-state index < -0.39 is 18.3 Å². The topological polar surface area (TPSA) is 71.4 Å². The van der Waals surface area contributed by atoms with Crippen LogP contribution in [0.2, 0.25) is 5.02 Å². The molecule has 0 aromatic heterocycles. The molecule has 1 aliphatic rings. The maximum Gasteiger partial charge on any atom is 0.492 e. The van der Waals surface area contributed by atoms with Crippen LogP contribution in [0.3, 0.4) is 0 Å². The third kappa shape index (κ3) is 4.43. The first-order valence-electron chi connectivity index (χ1n) is 8.06. The summed E-state index contributed by atoms with van der Waals surface area (Å²) in [5.74, 6) is -0.153. The van der Waals surface area contributed by atoms with Gasteiger partial charge in [-0.25, -0.2) is 0 Å². The Labute approximate surface area is 154 Å². The summed E-state index contributed by atoms with van der Waals surface area (Å²) in [5.41, 5.74) is 0.918. The van der Waals surface area contributed by atoms with E-state index in [1.54, 1.807) is 24.3 Å². The summed E-state index contributed by atoms with van der Waals surface area (Å²) in [6.07, 6.45) is 1.81. The van der Waals surface area contributed by atoms with Crippen molar-refractivity contribution in [2.45, 2.75) is 45.8 Å². The van der Waals surface area contributed by atoms with Crippen LogP contribution in [-0.2, 0) is 14.1 Å². The number of hydrogen-bond acceptors (Lipinski definition) is 4. The largest absolute Gasteiger partial charge is 0.492 e. The van der Waals surface area contributed by atoms with Crippen LogP contribution in [0.5, 0.6) is 0 Å². The van der Waals surface area contributed by atoms with E-state index in [1.807, 2.05) is 27.7 Å². The molecule has 0 spiro atoms. The van der Waals surface area contributed by atoms with Crippen molar-refractivity contribution in [3.05, 3.63) is 39.8 Å². The van der Waals surface area contributed by atoms with E-state index in [1.165, 1.54) is 6.92 Å². The zero-order valence-corrected chi connectivity index (χ0v) is 15.9. The normalized spacial score (nSPS) is 18.8. The molecule has 0 atom stereocenters. The lowest BCUT2D eigenvalue weighted by Gasteiger charge is -2.32. The van der Waals surface area contributed by atoms with Gasteiger partial charge in [0.05, 0.1) is 22.8 Å². The van der Waals surface area contributed by atoms with Crippen molar-refractivity contribution in [3.8, 4) is 6.07 Å². The average Bonchev–Trinajstić information content (AvgIpc) is 2.73. The Balaban J connectivity index is 2.40. The van der Waals surface area contributed by atoms with Crippen molar-refractivity contribution >= 4 is 30.7 Å². The fraction of sp³-hybridized carbons (Fsp3) is 0.444. The Kier molecular flexibility index (Phi) is 5.63. The van der Waals surface area contributed by atoms with Crippen molar-refractivity contribution in [1.82, 2.24) is 5.32 Å². The number of nitrogens with zero attached hydrogens (tertiary/aromatic N) is 1. The molecule has 0 aliphatic carbocycles. The first kappa shape index (κ1) is 19.5. The fourth-order valence-electron chi connectivity index (χ4n) is 2.35. The Morgan fingerprint density at radius 1 is 1.32 bits per heavy atom. The Morgan fingerprint density at radius 2 is 1.92 bits per heavy atom. The second-order valence-electron chi connectivity index (χ2n) is 7.07. The number of amides is 1. The zero-order valence-electron chi connectivity index (χ0n) is 15.1. The molecule has 1 heterocycles. The van der Waals surface area contributed by atoms with E-state index in [-0.39, 0.29) is 12.5 Å². The molecule has 5 nitrogen and oxygen atoms in total. The average molecular weight is 361 g/mol. The second kappa shape index (κ2) is 7.21. The zero-order chi connectivity index (χ0) is 18.8. The highest BCUT2D eigenvalue weighted by Crippen LogP contribution is 2.39. The van der Waals surface area contributed by atoms with Crippen LogP contribution in [-0.4, -0.2) is 30.8 Å². The number of benzene rings is 1. The molecular weight excluding hydrogens is 338 g/mol. The highest BCUT2D eigenvalue weighted by molar-refractivity contribution is 6.56. The number of rotatable bonds is 4.